The van der Waals surface area contributed by atoms with Crippen molar-refractivity contribution in [2.45, 2.75) is 52.1 Å². The number of halogens is 3. The Morgan fingerprint density at radius 3 is 1.93 bits per heavy atom. The van der Waals surface area contributed by atoms with Gasteiger partial charge in [-0.1, -0.05) is 19.6 Å². The summed E-state index contributed by atoms with van der Waals surface area (Å²) in [4.78, 5) is 40.3. The van der Waals surface area contributed by atoms with Crippen LogP contribution in [0.3, 0.4) is 0 Å². The second-order valence-corrected chi connectivity index (χ2v) is 46.4. The Bertz CT molecular complexity index is 1710. The number of hydrogen-bond acceptors (Lipinski definition) is 6. The number of H-pyrrole nitrogens is 2. The van der Waals surface area contributed by atoms with Crippen LogP contribution >= 0.6 is 59.9 Å². The van der Waals surface area contributed by atoms with E-state index in [1.54, 1.807) is 0 Å². The molecule has 2 saturated heterocycles. The fraction of sp³-hybridized carbons (Fsp3) is 0.387. The summed E-state index contributed by atoms with van der Waals surface area (Å²) in [5.74, 6) is -0.0366. The van der Waals surface area contributed by atoms with Crippen molar-refractivity contribution in [3.63, 3.8) is 0 Å². The molecule has 3 aliphatic heterocycles. The zero-order valence-corrected chi connectivity index (χ0v) is 32.3. The quantitative estimate of drug-likeness (QED) is 0.130. The van der Waals surface area contributed by atoms with Crippen LogP contribution < -0.4 is 21.7 Å². The Hall–Kier alpha value is -1.74. The average Bonchev–Trinajstić information content (AvgIpc) is 3.76. The van der Waals surface area contributed by atoms with Gasteiger partial charge in [-0.15, -0.1) is 0 Å². The number of alkyl carbamates (subject to hydrolysis) is 2. The molecule has 2 aromatic heterocycles. The molecule has 7 rings (SSSR count). The Labute approximate surface area is 305 Å². The number of fused-ring (bicyclic) bond motifs is 4. The monoisotopic (exact) mass is 1010 g/mol. The van der Waals surface area contributed by atoms with Gasteiger partial charge in [0.25, 0.3) is 5.91 Å². The van der Waals surface area contributed by atoms with E-state index in [-0.39, 0.29) is 42.5 Å². The van der Waals surface area contributed by atoms with Crippen molar-refractivity contribution >= 4 is 99.8 Å². The van der Waals surface area contributed by atoms with Gasteiger partial charge in [0.15, 0.2) is 0 Å². The van der Waals surface area contributed by atoms with Gasteiger partial charge >= 0.3 is 77.0 Å². The molecule has 0 unspecified atom stereocenters. The molecule has 46 heavy (non-hydrogen) atoms. The van der Waals surface area contributed by atoms with Gasteiger partial charge in [-0.2, -0.15) is 0 Å². The first-order valence-electron chi connectivity index (χ1n) is 14.5. The first-order valence-corrected chi connectivity index (χ1v) is 28.0. The van der Waals surface area contributed by atoms with Crippen molar-refractivity contribution in [3.8, 4) is 0 Å². The predicted octanol–water partition coefficient (Wildman–Crippen LogP) is 6.02. The van der Waals surface area contributed by atoms with Gasteiger partial charge in [-0.3, -0.25) is 4.79 Å². The Morgan fingerprint density at radius 2 is 1.41 bits per heavy atom. The molecule has 0 saturated carbocycles. The topological polar surface area (TPSA) is 163 Å². The Kier molecular flexibility index (Phi) is 13.8. The van der Waals surface area contributed by atoms with Gasteiger partial charge in [0.05, 0.1) is 12.1 Å². The number of cyclic esters (lactones) is 2. The van der Waals surface area contributed by atoms with E-state index in [0.717, 1.165) is 53.2 Å². The van der Waals surface area contributed by atoms with Crippen molar-refractivity contribution in [1.82, 2.24) is 25.9 Å². The summed E-state index contributed by atoms with van der Waals surface area (Å²) in [6.45, 7) is 4.25. The first-order chi connectivity index (χ1) is 21.6. The normalized spacial score (nSPS) is 18.3. The van der Waals surface area contributed by atoms with Gasteiger partial charge in [0, 0.05) is 34.0 Å². The molecule has 0 radical (unpaired) electrons. The Balaban J connectivity index is 0.000000184. The van der Waals surface area contributed by atoms with Crippen molar-refractivity contribution < 1.29 is 28.8 Å². The summed E-state index contributed by atoms with van der Waals surface area (Å²) >= 11 is 7.39. The van der Waals surface area contributed by atoms with E-state index in [1.807, 2.05) is 12.1 Å². The SMILES string of the molecule is C.Cc1[nH]c2ccc(C[C@H]3COC(=O)N3)cc2c1CCN.O=C1N[C@@H](Cc2ccc3[nH]c4c(c3c2)CCNC4=O)CO1.[I][V]([I])[I]. The van der Waals surface area contributed by atoms with Crippen molar-refractivity contribution in [2.75, 3.05) is 26.3 Å². The maximum absolute atomic E-state index is 11.8. The average molecular weight is 1010 g/mol. The van der Waals surface area contributed by atoms with E-state index in [9.17, 15) is 14.4 Å². The summed E-state index contributed by atoms with van der Waals surface area (Å²) in [6, 6.07) is 12.6. The van der Waals surface area contributed by atoms with Crippen LogP contribution in [0.25, 0.3) is 21.8 Å². The number of aryl methyl sites for hydroxylation is 1. The number of aromatic amines is 2. The molecular formula is C31H38I3N6O5V. The molecule has 7 N–H and O–H groups in total. The summed E-state index contributed by atoms with van der Waals surface area (Å²) in [5.41, 5.74) is 14.4. The summed E-state index contributed by atoms with van der Waals surface area (Å²) < 4.78 is 9.82. The van der Waals surface area contributed by atoms with Crippen LogP contribution in [0.5, 0.6) is 0 Å². The number of nitrogens with one attached hydrogen (secondary N) is 5. The van der Waals surface area contributed by atoms with E-state index < -0.39 is 0 Å². The number of amides is 3. The van der Waals surface area contributed by atoms with E-state index in [0.29, 0.717) is 32.0 Å². The van der Waals surface area contributed by atoms with Crippen molar-refractivity contribution in [2.24, 2.45) is 5.73 Å². The van der Waals surface area contributed by atoms with Gasteiger partial charge in [-0.05, 0) is 85.7 Å². The minimum atomic E-state index is -0.350. The number of aromatic nitrogens is 2. The summed E-state index contributed by atoms with van der Waals surface area (Å²) in [6.07, 6.45) is 2.56. The number of rotatable bonds is 6. The second-order valence-electron chi connectivity index (χ2n) is 11.0. The van der Waals surface area contributed by atoms with Crippen LogP contribution in [0.2, 0.25) is 0 Å². The van der Waals surface area contributed by atoms with Crippen LogP contribution in [0.1, 0.15) is 45.9 Å². The second kappa shape index (κ2) is 17.1. The molecule has 0 aliphatic carbocycles. The number of nitrogens with two attached hydrogens (primary N) is 1. The maximum atomic E-state index is 11.8. The fourth-order valence-corrected chi connectivity index (χ4v) is 5.93. The molecular weight excluding hydrogens is 968 g/mol. The third kappa shape index (κ3) is 9.45. The van der Waals surface area contributed by atoms with E-state index in [1.165, 1.54) is 22.2 Å². The summed E-state index contributed by atoms with van der Waals surface area (Å²) in [7, 11) is 0. The zero-order chi connectivity index (χ0) is 32.1. The molecule has 2 atom stereocenters. The molecule has 0 bridgehead atoms. The van der Waals surface area contributed by atoms with Gasteiger partial charge < -0.3 is 41.1 Å². The number of hydrogen-bond donors (Lipinski definition) is 6. The van der Waals surface area contributed by atoms with Gasteiger partial charge in [0.2, 0.25) is 0 Å². The molecule has 0 spiro atoms. The minimum absolute atomic E-state index is 0. The van der Waals surface area contributed by atoms with E-state index >= 15 is 0 Å². The summed E-state index contributed by atoms with van der Waals surface area (Å²) in [5, 5.41) is 10.8. The third-order valence-electron chi connectivity index (χ3n) is 7.88. The van der Waals surface area contributed by atoms with Crippen molar-refractivity contribution in [1.29, 1.82) is 0 Å². The van der Waals surface area contributed by atoms with Crippen LogP contribution in [-0.2, 0) is 40.1 Å². The van der Waals surface area contributed by atoms with Crippen LogP contribution in [0.15, 0.2) is 36.4 Å². The van der Waals surface area contributed by atoms with Gasteiger partial charge in [0.1, 0.15) is 18.9 Å². The van der Waals surface area contributed by atoms with Crippen LogP contribution in [0.4, 0.5) is 9.59 Å². The van der Waals surface area contributed by atoms with Crippen LogP contribution in [-0.4, -0.2) is 66.4 Å². The molecule has 11 nitrogen and oxygen atoms in total. The first kappa shape index (κ1) is 37.1. The molecule has 5 heterocycles. The number of ether oxygens (including phenoxy) is 2. The van der Waals surface area contributed by atoms with Crippen LogP contribution in [0, 0.1) is 6.92 Å². The molecule has 3 aliphatic rings. The number of carbonyl (C=O) groups excluding carboxylic acids is 3. The number of benzene rings is 2. The fourth-order valence-electron chi connectivity index (χ4n) is 5.93. The Morgan fingerprint density at radius 1 is 0.870 bits per heavy atom. The molecule has 2 fully saturated rings. The van der Waals surface area contributed by atoms with E-state index in [2.05, 4.69) is 117 Å². The predicted molar refractivity (Wildman–Crippen MR) is 203 cm³/mol. The number of carbonyl (C=O) groups is 3. The molecule has 4 aromatic rings. The molecule has 248 valence electrons. The zero-order valence-electron chi connectivity index (χ0n) is 24.5. The molecule has 3 amide bonds. The molecule has 15 heteroatoms. The third-order valence-corrected chi connectivity index (χ3v) is 7.88. The van der Waals surface area contributed by atoms with Crippen molar-refractivity contribution in [3.05, 3.63) is 70.0 Å². The van der Waals surface area contributed by atoms with E-state index in [4.69, 9.17) is 15.2 Å². The standard InChI is InChI=1S/C15H15N3O3.C15H19N3O2.CH4.3HI.V/c19-14-13-10(3-4-16-14)11-6-8(1-2-12(11)18-13)5-9-7-21-15(20)17-9;1-9-12(4-5-16)13-7-10(2-3-14(13)17-9)6-11-8-20-15(19)18-11;;;;;/h1-2,6,9,18H,3-5,7H2,(H,16,19)(H,17,20);2-3,7,11,17H,4-6,8,16H2,1H3,(H,18,19);1H4;3*1H;/q;;;;;;+3/p-3/t9-;11-;;;;;/m00...../s1. The van der Waals surface area contributed by atoms with Gasteiger partial charge in [-0.25, -0.2) is 9.59 Å². The molecule has 2 aromatic carbocycles.